The van der Waals surface area contributed by atoms with Crippen molar-refractivity contribution in [1.29, 1.82) is 0 Å². The van der Waals surface area contributed by atoms with Crippen LogP contribution in [-0.2, 0) is 9.53 Å². The number of hydrogen-bond donors (Lipinski definition) is 0. The van der Waals surface area contributed by atoms with Crippen LogP contribution in [0.1, 0.15) is 62.2 Å². The molecule has 144 valence electrons. The minimum absolute atomic E-state index is 0.0364. The number of amides is 1. The quantitative estimate of drug-likeness (QED) is 0.775. The lowest BCUT2D eigenvalue weighted by atomic mass is 9.62. The number of ketones is 2. The number of ether oxygens (including phenoxy) is 1. The van der Waals surface area contributed by atoms with Crippen molar-refractivity contribution in [3.63, 3.8) is 0 Å². The molecule has 1 aromatic carbocycles. The summed E-state index contributed by atoms with van der Waals surface area (Å²) < 4.78 is 5.30. The Hall–Kier alpha value is -2.17. The van der Waals surface area contributed by atoms with Crippen molar-refractivity contribution < 1.29 is 19.1 Å². The topological polar surface area (TPSA) is 63.7 Å². The first kappa shape index (κ1) is 18.2. The molecule has 27 heavy (non-hydrogen) atoms. The fourth-order valence-electron chi connectivity index (χ4n) is 5.44. The van der Waals surface area contributed by atoms with Gasteiger partial charge in [-0.2, -0.15) is 0 Å². The molecule has 0 saturated heterocycles. The van der Waals surface area contributed by atoms with E-state index in [0.29, 0.717) is 23.6 Å². The van der Waals surface area contributed by atoms with Gasteiger partial charge in [0.1, 0.15) is 5.78 Å². The van der Waals surface area contributed by atoms with Crippen LogP contribution in [0.3, 0.4) is 0 Å². The summed E-state index contributed by atoms with van der Waals surface area (Å²) in [5.41, 5.74) is 1.17. The molecule has 1 amide bonds. The number of benzene rings is 1. The molecule has 2 fully saturated rings. The zero-order valence-electron chi connectivity index (χ0n) is 15.9. The second kappa shape index (κ2) is 7.45. The zero-order valence-corrected chi connectivity index (χ0v) is 15.9. The van der Waals surface area contributed by atoms with Crippen molar-refractivity contribution >= 4 is 23.3 Å². The average molecular weight is 369 g/mol. The van der Waals surface area contributed by atoms with Crippen molar-refractivity contribution in [3.8, 4) is 0 Å². The molecular weight excluding hydrogens is 342 g/mol. The summed E-state index contributed by atoms with van der Waals surface area (Å²) in [5, 5.41) is 0. The molecule has 2 saturated carbocycles. The van der Waals surface area contributed by atoms with E-state index in [-0.39, 0.29) is 36.4 Å². The summed E-state index contributed by atoms with van der Waals surface area (Å²) in [6, 6.07) is 6.83. The number of Topliss-reactive ketones (excluding diaryl/α,β-unsaturated/α-hetero) is 2. The van der Waals surface area contributed by atoms with E-state index in [1.54, 1.807) is 24.0 Å². The summed E-state index contributed by atoms with van der Waals surface area (Å²) in [4.78, 5) is 40.5. The molecule has 5 heteroatoms. The van der Waals surface area contributed by atoms with Gasteiger partial charge >= 0.3 is 6.09 Å². The highest BCUT2D eigenvalue weighted by Crippen LogP contribution is 2.47. The average Bonchev–Trinajstić information content (AvgIpc) is 2.68. The minimum atomic E-state index is -0.454. The Morgan fingerprint density at radius 2 is 1.85 bits per heavy atom. The summed E-state index contributed by atoms with van der Waals surface area (Å²) >= 11 is 0. The van der Waals surface area contributed by atoms with E-state index in [4.69, 9.17) is 4.74 Å². The van der Waals surface area contributed by atoms with Gasteiger partial charge in [-0.3, -0.25) is 14.5 Å². The normalized spacial score (nSPS) is 28.5. The first-order chi connectivity index (χ1) is 13.1. The number of carbonyl (C=O) groups excluding carboxylic acids is 3. The minimum Gasteiger partial charge on any atom is -0.449 e. The number of rotatable bonds is 2. The lowest BCUT2D eigenvalue weighted by molar-refractivity contribution is -0.123. The van der Waals surface area contributed by atoms with Crippen molar-refractivity contribution in [1.82, 2.24) is 0 Å². The Kier molecular flexibility index (Phi) is 5.02. The first-order valence-corrected chi connectivity index (χ1v) is 10.2. The highest BCUT2D eigenvalue weighted by atomic mass is 16.6. The molecule has 0 radical (unpaired) electrons. The van der Waals surface area contributed by atoms with Gasteiger partial charge in [0.15, 0.2) is 5.78 Å². The van der Waals surface area contributed by atoms with E-state index in [2.05, 4.69) is 0 Å². The van der Waals surface area contributed by atoms with Crippen molar-refractivity contribution in [2.24, 2.45) is 17.8 Å². The highest BCUT2D eigenvalue weighted by molar-refractivity contribution is 6.10. The molecule has 5 nitrogen and oxygen atoms in total. The monoisotopic (exact) mass is 369 g/mol. The molecule has 0 spiro atoms. The molecule has 1 aliphatic heterocycles. The molecule has 0 bridgehead atoms. The lowest BCUT2D eigenvalue weighted by Crippen LogP contribution is -2.58. The van der Waals surface area contributed by atoms with Gasteiger partial charge in [-0.05, 0) is 30.9 Å². The van der Waals surface area contributed by atoms with Crippen LogP contribution < -0.4 is 4.90 Å². The van der Waals surface area contributed by atoms with Gasteiger partial charge in [-0.25, -0.2) is 4.79 Å². The third-order valence-electron chi connectivity index (χ3n) is 6.56. The van der Waals surface area contributed by atoms with Crippen molar-refractivity contribution in [2.45, 2.75) is 57.9 Å². The third-order valence-corrected chi connectivity index (χ3v) is 6.56. The van der Waals surface area contributed by atoms with Crippen LogP contribution in [-0.4, -0.2) is 30.3 Å². The summed E-state index contributed by atoms with van der Waals surface area (Å²) in [5.74, 6) is 0.390. The highest BCUT2D eigenvalue weighted by Gasteiger charge is 2.52. The summed E-state index contributed by atoms with van der Waals surface area (Å²) in [7, 11) is 0. The predicted octanol–water partition coefficient (Wildman–Crippen LogP) is 4.39. The number of para-hydroxylation sites is 1. The van der Waals surface area contributed by atoms with E-state index in [1.807, 2.05) is 12.1 Å². The van der Waals surface area contributed by atoms with Crippen LogP contribution in [0.2, 0.25) is 0 Å². The van der Waals surface area contributed by atoms with Crippen LogP contribution in [0, 0.1) is 17.8 Å². The van der Waals surface area contributed by atoms with Gasteiger partial charge in [-0.1, -0.05) is 44.2 Å². The maximum Gasteiger partial charge on any atom is 0.414 e. The van der Waals surface area contributed by atoms with E-state index in [0.717, 1.165) is 12.8 Å². The molecule has 1 aromatic rings. The second-order valence-electron chi connectivity index (χ2n) is 8.05. The van der Waals surface area contributed by atoms with Gasteiger partial charge in [-0.15, -0.1) is 0 Å². The number of carbonyl (C=O) groups is 3. The van der Waals surface area contributed by atoms with Crippen LogP contribution in [0.25, 0.3) is 0 Å². The Bertz CT molecular complexity index is 752. The van der Waals surface area contributed by atoms with E-state index >= 15 is 0 Å². The van der Waals surface area contributed by atoms with Gasteiger partial charge in [0.2, 0.25) is 0 Å². The van der Waals surface area contributed by atoms with Gasteiger partial charge in [0.25, 0.3) is 0 Å². The molecule has 3 atom stereocenters. The zero-order chi connectivity index (χ0) is 19.0. The Labute approximate surface area is 160 Å². The van der Waals surface area contributed by atoms with E-state index < -0.39 is 12.1 Å². The van der Waals surface area contributed by atoms with Crippen LogP contribution in [0.4, 0.5) is 10.5 Å². The molecular formula is C22H27NO4. The molecule has 2 aliphatic carbocycles. The summed E-state index contributed by atoms with van der Waals surface area (Å²) in [6.07, 6.45) is 5.98. The lowest BCUT2D eigenvalue weighted by Gasteiger charge is -2.48. The second-order valence-corrected chi connectivity index (χ2v) is 8.05. The Morgan fingerprint density at radius 3 is 2.59 bits per heavy atom. The molecule has 3 aliphatic rings. The smallest absolute Gasteiger partial charge is 0.414 e. The third kappa shape index (κ3) is 3.17. The standard InChI is InChI=1S/C22H27NO4/c1-2-27-22(26)23-18-11-7-6-10-16(18)21(25)20-17(12-15(24)13-19(20)23)14-8-4-3-5-9-14/h6-7,10-11,14,17,19-20H,2-5,8-9,12-13H2,1H3/t17-,19-,20+/m0/s1. The SMILES string of the molecule is CCOC(=O)N1c2ccccc2C(=O)[C@@H]2[C@H](C3CCCCC3)CC(=O)C[C@@H]21. The molecule has 0 aromatic heterocycles. The van der Waals surface area contributed by atoms with E-state index in [1.165, 1.54) is 19.3 Å². The fourth-order valence-corrected chi connectivity index (χ4v) is 5.44. The van der Waals surface area contributed by atoms with E-state index in [9.17, 15) is 14.4 Å². The Morgan fingerprint density at radius 1 is 1.11 bits per heavy atom. The van der Waals surface area contributed by atoms with Crippen LogP contribution in [0.5, 0.6) is 0 Å². The van der Waals surface area contributed by atoms with Crippen molar-refractivity contribution in [2.75, 3.05) is 11.5 Å². The van der Waals surface area contributed by atoms with Gasteiger partial charge in [0.05, 0.1) is 18.3 Å². The van der Waals surface area contributed by atoms with Crippen molar-refractivity contribution in [3.05, 3.63) is 29.8 Å². The molecule has 1 heterocycles. The van der Waals surface area contributed by atoms with Gasteiger partial charge < -0.3 is 4.74 Å². The fraction of sp³-hybridized carbons (Fsp3) is 0.591. The summed E-state index contributed by atoms with van der Waals surface area (Å²) in [6.45, 7) is 2.04. The molecule has 0 N–H and O–H groups in total. The Balaban J connectivity index is 1.78. The first-order valence-electron chi connectivity index (χ1n) is 10.2. The maximum atomic E-state index is 13.4. The molecule has 4 rings (SSSR count). The van der Waals surface area contributed by atoms with Crippen LogP contribution in [0.15, 0.2) is 24.3 Å². The van der Waals surface area contributed by atoms with Gasteiger partial charge in [0, 0.05) is 24.3 Å². The number of anilines is 1. The number of fused-ring (bicyclic) bond motifs is 2. The molecule has 0 unspecified atom stereocenters. The largest absolute Gasteiger partial charge is 0.449 e. The predicted molar refractivity (Wildman–Crippen MR) is 102 cm³/mol. The number of nitrogens with zero attached hydrogens (tertiary/aromatic N) is 1. The maximum absolute atomic E-state index is 13.4. The number of hydrogen-bond acceptors (Lipinski definition) is 4. The van der Waals surface area contributed by atoms with Crippen LogP contribution >= 0.6 is 0 Å².